The van der Waals surface area contributed by atoms with Gasteiger partial charge in [-0.25, -0.2) is 0 Å². The Balaban J connectivity index is 1.35. The molecule has 4 rings (SSSR count). The maximum atomic E-state index is 12.0. The first kappa shape index (κ1) is 15.5. The van der Waals surface area contributed by atoms with E-state index in [4.69, 9.17) is 13.6 Å². The van der Waals surface area contributed by atoms with Crippen molar-refractivity contribution in [1.82, 2.24) is 10.2 Å². The zero-order valence-electron chi connectivity index (χ0n) is 13.5. The van der Waals surface area contributed by atoms with Gasteiger partial charge in [-0.15, -0.1) is 0 Å². The minimum absolute atomic E-state index is 0.158. The topological polar surface area (TPSA) is 67.8 Å². The molecule has 0 radical (unpaired) electrons. The third-order valence-corrected chi connectivity index (χ3v) is 5.07. The molecule has 0 spiro atoms. The van der Waals surface area contributed by atoms with Crippen LogP contribution in [0, 0.1) is 5.92 Å². The molecule has 6 nitrogen and oxygen atoms in total. The summed E-state index contributed by atoms with van der Waals surface area (Å²) in [6, 6.07) is 5.83. The van der Waals surface area contributed by atoms with Crippen LogP contribution in [-0.4, -0.2) is 42.6 Å². The summed E-state index contributed by atoms with van der Waals surface area (Å²) < 4.78 is 16.4. The van der Waals surface area contributed by atoms with Crippen molar-refractivity contribution in [2.75, 3.05) is 19.7 Å². The number of nitrogens with one attached hydrogen (secondary N) is 1. The van der Waals surface area contributed by atoms with E-state index in [2.05, 4.69) is 10.2 Å². The van der Waals surface area contributed by atoms with Crippen LogP contribution in [0.2, 0.25) is 0 Å². The number of hydrogen-bond donors (Lipinski definition) is 1. The maximum absolute atomic E-state index is 12.0. The largest absolute Gasteiger partial charge is 0.472 e. The molecule has 1 saturated heterocycles. The Morgan fingerprint density at radius 3 is 3.04 bits per heavy atom. The molecule has 3 atom stereocenters. The normalized spacial score (nSPS) is 27.1. The van der Waals surface area contributed by atoms with Gasteiger partial charge in [-0.05, 0) is 31.0 Å². The van der Waals surface area contributed by atoms with Gasteiger partial charge in [0.15, 0.2) is 5.76 Å². The molecule has 2 fully saturated rings. The van der Waals surface area contributed by atoms with Crippen molar-refractivity contribution in [2.24, 2.45) is 5.92 Å². The van der Waals surface area contributed by atoms with Crippen molar-refractivity contribution in [3.05, 3.63) is 48.3 Å². The minimum Gasteiger partial charge on any atom is -0.472 e. The molecular weight excluding hydrogens is 308 g/mol. The van der Waals surface area contributed by atoms with Crippen LogP contribution in [0.25, 0.3) is 0 Å². The summed E-state index contributed by atoms with van der Waals surface area (Å²) in [5, 5.41) is 2.97. The van der Waals surface area contributed by atoms with Crippen molar-refractivity contribution < 1.29 is 18.4 Å². The first-order valence-electron chi connectivity index (χ1n) is 8.49. The van der Waals surface area contributed by atoms with E-state index < -0.39 is 0 Å². The molecule has 2 aromatic heterocycles. The predicted molar refractivity (Wildman–Crippen MR) is 86.4 cm³/mol. The molecule has 0 bridgehead atoms. The molecule has 1 saturated carbocycles. The Kier molecular flexibility index (Phi) is 4.40. The molecule has 1 amide bonds. The van der Waals surface area contributed by atoms with Gasteiger partial charge in [-0.1, -0.05) is 0 Å². The van der Waals surface area contributed by atoms with E-state index in [-0.39, 0.29) is 12.0 Å². The number of nitrogens with zero attached hydrogens (tertiary/aromatic N) is 1. The summed E-state index contributed by atoms with van der Waals surface area (Å²) in [6.45, 7) is 3.20. The van der Waals surface area contributed by atoms with Crippen molar-refractivity contribution in [3.8, 4) is 0 Å². The lowest BCUT2D eigenvalue weighted by molar-refractivity contribution is -0.0758. The van der Waals surface area contributed by atoms with Crippen molar-refractivity contribution in [3.63, 3.8) is 0 Å². The van der Waals surface area contributed by atoms with E-state index in [0.717, 1.165) is 32.5 Å². The fourth-order valence-electron chi connectivity index (χ4n) is 3.89. The molecule has 3 heterocycles. The predicted octanol–water partition coefficient (Wildman–Crippen LogP) is 2.28. The van der Waals surface area contributed by atoms with Gasteiger partial charge < -0.3 is 18.9 Å². The fraction of sp³-hybridized carbons (Fsp3) is 0.500. The highest BCUT2D eigenvalue weighted by molar-refractivity contribution is 5.91. The first-order valence-corrected chi connectivity index (χ1v) is 8.49. The Labute approximate surface area is 140 Å². The van der Waals surface area contributed by atoms with Gasteiger partial charge in [0.25, 0.3) is 5.91 Å². The lowest BCUT2D eigenvalue weighted by Gasteiger charge is -2.39. The molecular formula is C18H22N2O4. The van der Waals surface area contributed by atoms with Crippen LogP contribution in [0.3, 0.4) is 0 Å². The zero-order chi connectivity index (χ0) is 16.4. The smallest absolute Gasteiger partial charge is 0.286 e. The van der Waals surface area contributed by atoms with Gasteiger partial charge >= 0.3 is 0 Å². The lowest BCUT2D eigenvalue weighted by atomic mass is 10.0. The average Bonchev–Trinajstić information content (AvgIpc) is 3.34. The number of ether oxygens (including phenoxy) is 1. The number of fused-ring (bicyclic) bond motifs is 1. The van der Waals surface area contributed by atoms with Crippen LogP contribution in [0.1, 0.15) is 29.0 Å². The molecule has 1 aliphatic heterocycles. The van der Waals surface area contributed by atoms with Crippen LogP contribution < -0.4 is 5.32 Å². The Morgan fingerprint density at radius 1 is 1.29 bits per heavy atom. The van der Waals surface area contributed by atoms with E-state index in [1.807, 2.05) is 6.07 Å². The Bertz CT molecular complexity index is 653. The summed E-state index contributed by atoms with van der Waals surface area (Å²) in [4.78, 5) is 14.5. The van der Waals surface area contributed by atoms with E-state index in [1.54, 1.807) is 24.7 Å². The monoisotopic (exact) mass is 330 g/mol. The summed E-state index contributed by atoms with van der Waals surface area (Å²) in [5.74, 6) is 0.547. The number of furan rings is 2. The first-order chi connectivity index (χ1) is 11.8. The highest BCUT2D eigenvalue weighted by Crippen LogP contribution is 2.35. The fourth-order valence-corrected chi connectivity index (χ4v) is 3.89. The molecule has 1 aliphatic carbocycles. The third-order valence-electron chi connectivity index (χ3n) is 5.07. The second kappa shape index (κ2) is 6.83. The van der Waals surface area contributed by atoms with E-state index in [1.165, 1.54) is 11.8 Å². The molecule has 2 aromatic rings. The van der Waals surface area contributed by atoms with Gasteiger partial charge in [-0.3, -0.25) is 9.69 Å². The van der Waals surface area contributed by atoms with Crippen molar-refractivity contribution in [1.29, 1.82) is 0 Å². The lowest BCUT2D eigenvalue weighted by Crippen LogP contribution is -2.50. The molecule has 24 heavy (non-hydrogen) atoms. The number of amides is 1. The second-order valence-electron chi connectivity index (χ2n) is 6.53. The van der Waals surface area contributed by atoms with E-state index >= 15 is 0 Å². The van der Waals surface area contributed by atoms with Gasteiger partial charge in [0.2, 0.25) is 0 Å². The maximum Gasteiger partial charge on any atom is 0.286 e. The SMILES string of the molecule is O=C(NC[C@@H]1CC[C@@H]2[C@H]1OCCN2Cc1ccoc1)c1ccco1. The number of rotatable bonds is 5. The molecule has 128 valence electrons. The van der Waals surface area contributed by atoms with Crippen molar-refractivity contribution >= 4 is 5.91 Å². The van der Waals surface area contributed by atoms with Gasteiger partial charge in [-0.2, -0.15) is 0 Å². The van der Waals surface area contributed by atoms with Crippen LogP contribution in [0.5, 0.6) is 0 Å². The second-order valence-corrected chi connectivity index (χ2v) is 6.53. The van der Waals surface area contributed by atoms with E-state index in [9.17, 15) is 4.79 Å². The quantitative estimate of drug-likeness (QED) is 0.911. The Morgan fingerprint density at radius 2 is 2.25 bits per heavy atom. The highest BCUT2D eigenvalue weighted by atomic mass is 16.5. The Hall–Kier alpha value is -2.05. The molecule has 0 aromatic carbocycles. The number of carbonyl (C=O) groups excluding carboxylic acids is 1. The minimum atomic E-state index is -0.158. The number of morpholine rings is 1. The number of hydrogen-bond acceptors (Lipinski definition) is 5. The highest BCUT2D eigenvalue weighted by Gasteiger charge is 2.42. The number of carbonyl (C=O) groups is 1. The zero-order valence-corrected chi connectivity index (χ0v) is 13.5. The summed E-state index contributed by atoms with van der Waals surface area (Å²) in [7, 11) is 0. The molecule has 0 unspecified atom stereocenters. The van der Waals surface area contributed by atoms with Crippen LogP contribution in [0.15, 0.2) is 45.8 Å². The summed E-state index contributed by atoms with van der Waals surface area (Å²) >= 11 is 0. The summed E-state index contributed by atoms with van der Waals surface area (Å²) in [6.07, 6.45) is 7.38. The van der Waals surface area contributed by atoms with Crippen LogP contribution in [-0.2, 0) is 11.3 Å². The van der Waals surface area contributed by atoms with Gasteiger partial charge in [0, 0.05) is 37.2 Å². The third kappa shape index (κ3) is 3.12. The average molecular weight is 330 g/mol. The summed E-state index contributed by atoms with van der Waals surface area (Å²) in [5.41, 5.74) is 1.20. The van der Waals surface area contributed by atoms with Gasteiger partial charge in [0.05, 0.1) is 31.5 Å². The van der Waals surface area contributed by atoms with Crippen LogP contribution >= 0.6 is 0 Å². The van der Waals surface area contributed by atoms with Crippen molar-refractivity contribution in [2.45, 2.75) is 31.5 Å². The standard InChI is InChI=1S/C18H22N2O4/c21-18(16-2-1-7-23-16)19-10-14-3-4-15-17(14)24-9-6-20(15)11-13-5-8-22-12-13/h1-2,5,7-8,12,14-15,17H,3-4,6,9-11H2,(H,19,21)/t14-,15+,17-/m0/s1. The van der Waals surface area contributed by atoms with Gasteiger partial charge in [0.1, 0.15) is 0 Å². The van der Waals surface area contributed by atoms with Crippen LogP contribution in [0.4, 0.5) is 0 Å². The van der Waals surface area contributed by atoms with E-state index in [0.29, 0.717) is 24.3 Å². The molecule has 6 heteroatoms. The molecule has 1 N–H and O–H groups in total. The molecule has 2 aliphatic rings.